The standard InChI is InChI=1S/C30H25NOS/c1-18-17-32-25-11-7-10-22(28(18)25)27-16-23-26(33-27)12-13-31-29(23)20-14-19-8-5-6-9-21(19)24(15-20)30(2,3)4/h5-17H,1-4H3. The van der Waals surface area contributed by atoms with Gasteiger partial charge in [0.1, 0.15) is 5.58 Å². The summed E-state index contributed by atoms with van der Waals surface area (Å²) >= 11 is 1.82. The van der Waals surface area contributed by atoms with Crippen LogP contribution >= 0.6 is 11.3 Å². The first-order valence-corrected chi connectivity index (χ1v) is 12.1. The minimum Gasteiger partial charge on any atom is -0.464 e. The van der Waals surface area contributed by atoms with Gasteiger partial charge in [-0.3, -0.25) is 4.98 Å². The molecule has 0 N–H and O–H groups in total. The van der Waals surface area contributed by atoms with Crippen LogP contribution in [0.25, 0.3) is 53.5 Å². The number of aryl methyl sites for hydroxylation is 1. The number of pyridine rings is 1. The van der Waals surface area contributed by atoms with Crippen molar-refractivity contribution in [2.45, 2.75) is 33.1 Å². The lowest BCUT2D eigenvalue weighted by Crippen LogP contribution is -2.12. The Labute approximate surface area is 197 Å². The van der Waals surface area contributed by atoms with Crippen LogP contribution in [-0.4, -0.2) is 4.98 Å². The molecule has 0 saturated carbocycles. The third kappa shape index (κ3) is 3.27. The second kappa shape index (κ2) is 7.29. The summed E-state index contributed by atoms with van der Waals surface area (Å²) in [6, 6.07) is 24.0. The van der Waals surface area contributed by atoms with Crippen LogP contribution in [0, 0.1) is 6.92 Å². The number of hydrogen-bond donors (Lipinski definition) is 0. The second-order valence-electron chi connectivity index (χ2n) is 9.77. The first-order chi connectivity index (χ1) is 15.9. The molecule has 0 atom stereocenters. The highest BCUT2D eigenvalue weighted by Crippen LogP contribution is 2.42. The van der Waals surface area contributed by atoms with Gasteiger partial charge in [-0.15, -0.1) is 11.3 Å². The first kappa shape index (κ1) is 20.2. The topological polar surface area (TPSA) is 26.0 Å². The molecule has 3 aromatic heterocycles. The van der Waals surface area contributed by atoms with Crippen LogP contribution in [0.1, 0.15) is 31.9 Å². The Kier molecular flexibility index (Phi) is 4.46. The van der Waals surface area contributed by atoms with Gasteiger partial charge in [0.05, 0.1) is 12.0 Å². The minimum absolute atomic E-state index is 0.0395. The van der Waals surface area contributed by atoms with Crippen LogP contribution in [0.4, 0.5) is 0 Å². The predicted octanol–water partition coefficient (Wildman–Crippen LogP) is 9.14. The summed E-state index contributed by atoms with van der Waals surface area (Å²) in [4.78, 5) is 6.11. The number of benzene rings is 3. The molecule has 0 aliphatic heterocycles. The maximum Gasteiger partial charge on any atom is 0.134 e. The molecule has 0 saturated heterocycles. The van der Waals surface area contributed by atoms with Crippen LogP contribution in [-0.2, 0) is 5.41 Å². The van der Waals surface area contributed by atoms with E-state index in [-0.39, 0.29) is 5.41 Å². The zero-order valence-electron chi connectivity index (χ0n) is 19.3. The third-order valence-electron chi connectivity index (χ3n) is 6.44. The van der Waals surface area contributed by atoms with Crippen molar-refractivity contribution in [1.29, 1.82) is 0 Å². The first-order valence-electron chi connectivity index (χ1n) is 11.3. The number of aromatic nitrogens is 1. The van der Waals surface area contributed by atoms with Gasteiger partial charge in [0.15, 0.2) is 0 Å². The molecule has 3 heterocycles. The molecular formula is C30H25NOS. The highest BCUT2D eigenvalue weighted by molar-refractivity contribution is 7.22. The van der Waals surface area contributed by atoms with Gasteiger partial charge in [-0.2, -0.15) is 0 Å². The van der Waals surface area contributed by atoms with E-state index in [9.17, 15) is 0 Å². The lowest BCUT2D eigenvalue weighted by atomic mass is 9.82. The summed E-state index contributed by atoms with van der Waals surface area (Å²) in [7, 11) is 0. The van der Waals surface area contributed by atoms with Gasteiger partial charge < -0.3 is 4.42 Å². The minimum atomic E-state index is 0.0395. The highest BCUT2D eigenvalue weighted by Gasteiger charge is 2.20. The predicted molar refractivity (Wildman–Crippen MR) is 141 cm³/mol. The summed E-state index contributed by atoms with van der Waals surface area (Å²) < 4.78 is 7.00. The van der Waals surface area contributed by atoms with E-state index in [1.807, 2.05) is 29.9 Å². The zero-order valence-corrected chi connectivity index (χ0v) is 20.1. The number of furan rings is 1. The van der Waals surface area contributed by atoms with Gasteiger partial charge in [-0.05, 0) is 64.6 Å². The molecule has 0 aliphatic carbocycles. The van der Waals surface area contributed by atoms with Gasteiger partial charge in [0, 0.05) is 37.7 Å². The molecule has 0 bridgehead atoms. The van der Waals surface area contributed by atoms with Gasteiger partial charge in [0.25, 0.3) is 0 Å². The van der Waals surface area contributed by atoms with Crippen molar-refractivity contribution < 1.29 is 4.42 Å². The normalized spacial score (nSPS) is 12.2. The molecule has 6 rings (SSSR count). The maximum absolute atomic E-state index is 5.76. The summed E-state index contributed by atoms with van der Waals surface area (Å²) in [5.74, 6) is 0. The van der Waals surface area contributed by atoms with E-state index in [2.05, 4.69) is 88.4 Å². The van der Waals surface area contributed by atoms with Crippen LogP contribution in [0.5, 0.6) is 0 Å². The fourth-order valence-corrected chi connectivity index (χ4v) is 5.93. The van der Waals surface area contributed by atoms with Crippen molar-refractivity contribution in [3.8, 4) is 21.7 Å². The largest absolute Gasteiger partial charge is 0.464 e. The molecule has 2 nitrogen and oxygen atoms in total. The summed E-state index contributed by atoms with van der Waals surface area (Å²) in [5, 5.41) is 4.96. The number of hydrogen-bond acceptors (Lipinski definition) is 3. The zero-order chi connectivity index (χ0) is 22.7. The lowest BCUT2D eigenvalue weighted by Gasteiger charge is -2.22. The van der Waals surface area contributed by atoms with Crippen molar-refractivity contribution >= 4 is 43.2 Å². The molecule has 0 radical (unpaired) electrons. The summed E-state index contributed by atoms with van der Waals surface area (Å²) in [6.07, 6.45) is 3.78. The van der Waals surface area contributed by atoms with E-state index in [0.717, 1.165) is 11.3 Å². The number of fused-ring (bicyclic) bond motifs is 3. The monoisotopic (exact) mass is 447 g/mol. The van der Waals surface area contributed by atoms with E-state index in [4.69, 9.17) is 9.40 Å². The van der Waals surface area contributed by atoms with E-state index in [1.165, 1.54) is 53.4 Å². The van der Waals surface area contributed by atoms with Crippen LogP contribution < -0.4 is 0 Å². The summed E-state index contributed by atoms with van der Waals surface area (Å²) in [5.41, 5.74) is 6.93. The summed E-state index contributed by atoms with van der Waals surface area (Å²) in [6.45, 7) is 8.95. The Bertz CT molecular complexity index is 1660. The van der Waals surface area contributed by atoms with Gasteiger partial charge in [0.2, 0.25) is 0 Å². The Morgan fingerprint density at radius 3 is 2.58 bits per heavy atom. The van der Waals surface area contributed by atoms with Gasteiger partial charge in [-0.25, -0.2) is 0 Å². The molecule has 6 aromatic rings. The Morgan fingerprint density at radius 1 is 0.879 bits per heavy atom. The molecule has 162 valence electrons. The molecular weight excluding hydrogens is 422 g/mol. The lowest BCUT2D eigenvalue weighted by molar-refractivity contribution is 0.596. The van der Waals surface area contributed by atoms with Crippen LogP contribution in [0.2, 0.25) is 0 Å². The van der Waals surface area contributed by atoms with Crippen molar-refractivity contribution in [1.82, 2.24) is 4.98 Å². The molecule has 3 aromatic carbocycles. The average Bonchev–Trinajstić information content (AvgIpc) is 3.41. The van der Waals surface area contributed by atoms with Gasteiger partial charge >= 0.3 is 0 Å². The molecule has 0 spiro atoms. The Hall–Kier alpha value is -3.43. The molecule has 0 fully saturated rings. The second-order valence-corrected chi connectivity index (χ2v) is 10.9. The molecule has 3 heteroatoms. The Balaban J connectivity index is 1.60. The third-order valence-corrected chi connectivity index (χ3v) is 7.57. The molecule has 0 amide bonds. The smallest absolute Gasteiger partial charge is 0.134 e. The molecule has 33 heavy (non-hydrogen) atoms. The number of thiophene rings is 1. The quantitative estimate of drug-likeness (QED) is 0.264. The fraction of sp³-hybridized carbons (Fsp3) is 0.167. The highest BCUT2D eigenvalue weighted by atomic mass is 32.1. The molecule has 0 unspecified atom stereocenters. The van der Waals surface area contributed by atoms with E-state index >= 15 is 0 Å². The van der Waals surface area contributed by atoms with Gasteiger partial charge in [-0.1, -0.05) is 57.2 Å². The van der Waals surface area contributed by atoms with Crippen molar-refractivity contribution in [3.63, 3.8) is 0 Å². The van der Waals surface area contributed by atoms with E-state index < -0.39 is 0 Å². The number of nitrogens with zero attached hydrogens (tertiary/aromatic N) is 1. The Morgan fingerprint density at radius 2 is 1.73 bits per heavy atom. The fourth-order valence-electron chi connectivity index (χ4n) is 4.85. The maximum atomic E-state index is 5.76. The number of rotatable bonds is 2. The van der Waals surface area contributed by atoms with Crippen LogP contribution in [0.3, 0.4) is 0 Å². The van der Waals surface area contributed by atoms with E-state index in [1.54, 1.807) is 0 Å². The average molecular weight is 448 g/mol. The SMILES string of the molecule is Cc1coc2cccc(-c3cc4c(-c5cc(C(C)(C)C)c6ccccc6c5)nccc4s3)c12. The van der Waals surface area contributed by atoms with Crippen LogP contribution in [0.15, 0.2) is 83.6 Å². The van der Waals surface area contributed by atoms with E-state index in [0.29, 0.717) is 0 Å². The molecule has 0 aliphatic rings. The van der Waals surface area contributed by atoms with Crippen molar-refractivity contribution in [3.05, 3.63) is 90.3 Å². The van der Waals surface area contributed by atoms with Crippen molar-refractivity contribution in [2.75, 3.05) is 0 Å². The van der Waals surface area contributed by atoms with Crippen molar-refractivity contribution in [2.24, 2.45) is 0 Å².